The van der Waals surface area contributed by atoms with Crippen molar-refractivity contribution in [2.75, 3.05) is 6.54 Å². The van der Waals surface area contributed by atoms with E-state index >= 15 is 0 Å². The van der Waals surface area contributed by atoms with Crippen LogP contribution in [0.2, 0.25) is 5.02 Å². The second-order valence-electron chi connectivity index (χ2n) is 2.82. The molecule has 0 bridgehead atoms. The second kappa shape index (κ2) is 4.77. The van der Waals surface area contributed by atoms with Gasteiger partial charge in [0.1, 0.15) is 12.4 Å². The van der Waals surface area contributed by atoms with Crippen molar-refractivity contribution < 1.29 is 22.7 Å². The Balaban J connectivity index is 3.02. The van der Waals surface area contributed by atoms with Crippen molar-refractivity contribution >= 4 is 27.6 Å². The monoisotopic (exact) mass is 267 g/mol. The lowest BCUT2D eigenvalue weighted by Gasteiger charge is -2.05. The van der Waals surface area contributed by atoms with Gasteiger partial charge in [-0.2, -0.15) is 4.72 Å². The molecule has 0 heterocycles. The maximum atomic E-state index is 12.9. The number of carboxylic acid groups (broad SMARTS) is 1. The number of aliphatic carboxylic acids is 1. The third kappa shape index (κ3) is 3.44. The van der Waals surface area contributed by atoms with Crippen LogP contribution >= 0.6 is 11.6 Å². The fraction of sp³-hybridized carbons (Fsp3) is 0.125. The molecule has 2 N–H and O–H groups in total. The molecule has 0 radical (unpaired) electrons. The SMILES string of the molecule is O=C(O)CNS(=O)(=O)c1cc(F)cc(Cl)c1. The van der Waals surface area contributed by atoms with E-state index in [2.05, 4.69) is 0 Å². The molecule has 0 unspecified atom stereocenters. The van der Waals surface area contributed by atoms with Crippen LogP contribution in [-0.4, -0.2) is 26.0 Å². The van der Waals surface area contributed by atoms with Gasteiger partial charge in [0.2, 0.25) is 10.0 Å². The third-order valence-electron chi connectivity index (χ3n) is 1.56. The van der Waals surface area contributed by atoms with Gasteiger partial charge in [-0.25, -0.2) is 12.8 Å². The lowest BCUT2D eigenvalue weighted by molar-refractivity contribution is -0.135. The summed E-state index contributed by atoms with van der Waals surface area (Å²) in [6, 6.07) is 2.71. The molecule has 0 saturated carbocycles. The predicted octanol–water partition coefficient (Wildman–Crippen LogP) is 0.842. The molecule has 1 aromatic rings. The van der Waals surface area contributed by atoms with E-state index in [1.165, 1.54) is 0 Å². The van der Waals surface area contributed by atoms with Crippen LogP contribution in [0.5, 0.6) is 0 Å². The van der Waals surface area contributed by atoms with E-state index in [0.29, 0.717) is 0 Å². The van der Waals surface area contributed by atoms with E-state index < -0.39 is 33.3 Å². The van der Waals surface area contributed by atoms with Gasteiger partial charge in [0.15, 0.2) is 0 Å². The number of halogens is 2. The maximum absolute atomic E-state index is 12.9. The van der Waals surface area contributed by atoms with E-state index in [4.69, 9.17) is 16.7 Å². The van der Waals surface area contributed by atoms with Crippen molar-refractivity contribution in [3.63, 3.8) is 0 Å². The molecule has 16 heavy (non-hydrogen) atoms. The van der Waals surface area contributed by atoms with E-state index in [1.54, 1.807) is 4.72 Å². The Hall–Kier alpha value is -1.18. The highest BCUT2D eigenvalue weighted by Gasteiger charge is 2.16. The molecule has 0 spiro atoms. The number of hydrogen-bond donors (Lipinski definition) is 2. The zero-order valence-corrected chi connectivity index (χ0v) is 9.35. The Morgan fingerprint density at radius 3 is 2.56 bits per heavy atom. The van der Waals surface area contributed by atoms with Crippen molar-refractivity contribution in [2.45, 2.75) is 4.90 Å². The van der Waals surface area contributed by atoms with E-state index in [9.17, 15) is 17.6 Å². The lowest BCUT2D eigenvalue weighted by atomic mass is 10.3. The molecular weight excluding hydrogens is 261 g/mol. The number of rotatable bonds is 4. The molecule has 5 nitrogen and oxygen atoms in total. The predicted molar refractivity (Wildman–Crippen MR) is 54.2 cm³/mol. The fourth-order valence-corrected chi connectivity index (χ4v) is 2.24. The minimum Gasteiger partial charge on any atom is -0.480 e. The summed E-state index contributed by atoms with van der Waals surface area (Å²) in [5, 5.41) is 8.22. The summed E-state index contributed by atoms with van der Waals surface area (Å²) in [6.45, 7) is -0.781. The highest BCUT2D eigenvalue weighted by Crippen LogP contribution is 2.17. The molecule has 0 aliphatic rings. The summed E-state index contributed by atoms with van der Waals surface area (Å²) >= 11 is 5.47. The van der Waals surface area contributed by atoms with Crippen LogP contribution in [0.15, 0.2) is 23.1 Å². The molecule has 1 rings (SSSR count). The summed E-state index contributed by atoms with van der Waals surface area (Å²) in [5.41, 5.74) is 0. The van der Waals surface area contributed by atoms with Gasteiger partial charge in [-0.3, -0.25) is 4.79 Å². The van der Waals surface area contributed by atoms with E-state index in [-0.39, 0.29) is 5.02 Å². The number of hydrogen-bond acceptors (Lipinski definition) is 3. The van der Waals surface area contributed by atoms with Gasteiger partial charge in [-0.15, -0.1) is 0 Å². The first kappa shape index (κ1) is 12.9. The summed E-state index contributed by atoms with van der Waals surface area (Å²) in [4.78, 5) is 9.77. The zero-order chi connectivity index (χ0) is 12.3. The molecule has 1 aromatic carbocycles. The number of carbonyl (C=O) groups is 1. The number of carboxylic acids is 1. The second-order valence-corrected chi connectivity index (χ2v) is 5.03. The van der Waals surface area contributed by atoms with Crippen LogP contribution in [0.1, 0.15) is 0 Å². The average molecular weight is 268 g/mol. The summed E-state index contributed by atoms with van der Waals surface area (Å²) in [6.07, 6.45) is 0. The molecule has 8 heteroatoms. The normalized spacial score (nSPS) is 11.4. The van der Waals surface area contributed by atoms with Gasteiger partial charge < -0.3 is 5.11 Å². The summed E-state index contributed by atoms with van der Waals surface area (Å²) in [5.74, 6) is -2.16. The van der Waals surface area contributed by atoms with Crippen molar-refractivity contribution in [3.05, 3.63) is 29.0 Å². The third-order valence-corrected chi connectivity index (χ3v) is 3.16. The average Bonchev–Trinajstić information content (AvgIpc) is 2.13. The van der Waals surface area contributed by atoms with Crippen molar-refractivity contribution in [1.82, 2.24) is 4.72 Å². The van der Waals surface area contributed by atoms with Gasteiger partial charge in [0, 0.05) is 5.02 Å². The van der Waals surface area contributed by atoms with Gasteiger partial charge in [0.05, 0.1) is 4.90 Å². The molecule has 0 atom stereocenters. The zero-order valence-electron chi connectivity index (χ0n) is 7.78. The molecule has 0 saturated heterocycles. The Bertz CT molecular complexity index is 497. The first-order valence-electron chi connectivity index (χ1n) is 3.99. The maximum Gasteiger partial charge on any atom is 0.318 e. The van der Waals surface area contributed by atoms with Gasteiger partial charge in [-0.05, 0) is 18.2 Å². The van der Waals surface area contributed by atoms with Gasteiger partial charge in [-0.1, -0.05) is 11.6 Å². The van der Waals surface area contributed by atoms with E-state index in [0.717, 1.165) is 18.2 Å². The van der Waals surface area contributed by atoms with Crippen LogP contribution in [0.25, 0.3) is 0 Å². The van der Waals surface area contributed by atoms with Crippen LogP contribution in [0.3, 0.4) is 0 Å². The molecule has 0 amide bonds. The van der Waals surface area contributed by atoms with Crippen LogP contribution < -0.4 is 4.72 Å². The van der Waals surface area contributed by atoms with Crippen LogP contribution in [0.4, 0.5) is 4.39 Å². The van der Waals surface area contributed by atoms with Gasteiger partial charge in [0.25, 0.3) is 0 Å². The van der Waals surface area contributed by atoms with E-state index in [1.807, 2.05) is 0 Å². The number of nitrogens with one attached hydrogen (secondary N) is 1. The van der Waals surface area contributed by atoms with Crippen LogP contribution in [-0.2, 0) is 14.8 Å². The first-order chi connectivity index (χ1) is 7.31. The Morgan fingerprint density at radius 1 is 1.44 bits per heavy atom. The minimum absolute atomic E-state index is 0.0873. The lowest BCUT2D eigenvalue weighted by Crippen LogP contribution is -2.29. The molecule has 0 aliphatic carbocycles. The first-order valence-corrected chi connectivity index (χ1v) is 5.85. The van der Waals surface area contributed by atoms with Crippen molar-refractivity contribution in [3.8, 4) is 0 Å². The minimum atomic E-state index is -4.06. The molecule has 0 aromatic heterocycles. The molecule has 0 aliphatic heterocycles. The standard InChI is InChI=1S/C8H7ClFNO4S/c9-5-1-6(10)3-7(2-5)16(14,15)11-4-8(12)13/h1-3,11H,4H2,(H,12,13). The topological polar surface area (TPSA) is 83.5 Å². The van der Waals surface area contributed by atoms with Crippen molar-refractivity contribution in [2.24, 2.45) is 0 Å². The molecule has 0 fully saturated rings. The summed E-state index contributed by atoms with van der Waals surface area (Å²) < 4.78 is 37.5. The van der Waals surface area contributed by atoms with Crippen LogP contribution in [0, 0.1) is 5.82 Å². The van der Waals surface area contributed by atoms with Gasteiger partial charge >= 0.3 is 5.97 Å². The largest absolute Gasteiger partial charge is 0.480 e. The van der Waals surface area contributed by atoms with Crippen molar-refractivity contribution in [1.29, 1.82) is 0 Å². The highest BCUT2D eigenvalue weighted by molar-refractivity contribution is 7.89. The summed E-state index contributed by atoms with van der Waals surface area (Å²) in [7, 11) is -4.06. The number of benzene rings is 1. The Kier molecular flexibility index (Phi) is 3.84. The fourth-order valence-electron chi connectivity index (χ4n) is 0.924. The quantitative estimate of drug-likeness (QED) is 0.847. The molecule has 88 valence electrons. The highest BCUT2D eigenvalue weighted by atomic mass is 35.5. The smallest absolute Gasteiger partial charge is 0.318 e. The molecular formula is C8H7ClFNO4S. The number of sulfonamides is 1. The Labute approximate surface area is 95.9 Å². The Morgan fingerprint density at radius 2 is 2.06 bits per heavy atom.